The molecule has 0 atom stereocenters. The van der Waals surface area contributed by atoms with Crippen molar-refractivity contribution in [2.75, 3.05) is 13.2 Å². The molecule has 2 rings (SSSR count). The summed E-state index contributed by atoms with van der Waals surface area (Å²) < 4.78 is 40.3. The van der Waals surface area contributed by atoms with E-state index in [4.69, 9.17) is 9.47 Å². The third kappa shape index (κ3) is 8.74. The molecule has 0 saturated carbocycles. The maximum atomic E-state index is 12.4. The van der Waals surface area contributed by atoms with Crippen molar-refractivity contribution in [1.82, 2.24) is 0 Å². The minimum absolute atomic E-state index is 0.175. The number of unbranched alkanes of at least 4 members (excludes halogenated alkanes) is 6. The van der Waals surface area contributed by atoms with Gasteiger partial charge in [0, 0.05) is 6.21 Å². The maximum Gasteiger partial charge on any atom is 0.282 e. The molecule has 0 amide bonds. The SMILES string of the molecule is CCCCCCCCCOc1ccc(/C=N\S(=O)(=O)c2ccc(C)cc2)cc1OCC. The van der Waals surface area contributed by atoms with Gasteiger partial charge in [0.25, 0.3) is 10.0 Å². The zero-order valence-corrected chi connectivity index (χ0v) is 19.8. The van der Waals surface area contributed by atoms with Crippen LogP contribution in [0.25, 0.3) is 0 Å². The Labute approximate surface area is 187 Å². The molecule has 0 spiro atoms. The zero-order valence-electron chi connectivity index (χ0n) is 19.0. The fourth-order valence-corrected chi connectivity index (χ4v) is 4.00. The van der Waals surface area contributed by atoms with E-state index < -0.39 is 10.0 Å². The number of benzene rings is 2. The monoisotopic (exact) mass is 445 g/mol. The average molecular weight is 446 g/mol. The highest BCUT2D eigenvalue weighted by atomic mass is 32.2. The lowest BCUT2D eigenvalue weighted by Crippen LogP contribution is -2.02. The molecule has 31 heavy (non-hydrogen) atoms. The van der Waals surface area contributed by atoms with Gasteiger partial charge in [-0.25, -0.2) is 0 Å². The predicted octanol–water partition coefficient (Wildman–Crippen LogP) is 6.33. The number of aryl methyl sites for hydroxylation is 1. The molecule has 170 valence electrons. The molecule has 0 fully saturated rings. The molecule has 0 aromatic heterocycles. The highest BCUT2D eigenvalue weighted by Crippen LogP contribution is 2.28. The normalized spacial score (nSPS) is 11.7. The van der Waals surface area contributed by atoms with E-state index in [1.807, 2.05) is 19.9 Å². The van der Waals surface area contributed by atoms with Gasteiger partial charge in [-0.1, -0.05) is 63.1 Å². The second kappa shape index (κ2) is 13.2. The second-order valence-electron chi connectivity index (χ2n) is 7.63. The van der Waals surface area contributed by atoms with Gasteiger partial charge in [-0.2, -0.15) is 12.8 Å². The van der Waals surface area contributed by atoms with Crippen molar-refractivity contribution >= 4 is 16.2 Å². The van der Waals surface area contributed by atoms with Gasteiger partial charge < -0.3 is 9.47 Å². The summed E-state index contributed by atoms with van der Waals surface area (Å²) in [5.41, 5.74) is 1.64. The number of hydrogen-bond donors (Lipinski definition) is 0. The molecule has 0 N–H and O–H groups in total. The van der Waals surface area contributed by atoms with Crippen LogP contribution in [0.2, 0.25) is 0 Å². The third-order valence-electron chi connectivity index (χ3n) is 4.93. The lowest BCUT2D eigenvalue weighted by Gasteiger charge is -2.12. The molecule has 0 aliphatic heterocycles. The highest BCUT2D eigenvalue weighted by Gasteiger charge is 2.12. The van der Waals surface area contributed by atoms with Gasteiger partial charge in [0.15, 0.2) is 11.5 Å². The minimum Gasteiger partial charge on any atom is -0.490 e. The second-order valence-corrected chi connectivity index (χ2v) is 9.26. The van der Waals surface area contributed by atoms with Crippen molar-refractivity contribution in [1.29, 1.82) is 0 Å². The standard InChI is InChI=1S/C25H35NO4S/c1-4-6-7-8-9-10-11-18-30-24-17-14-22(19-25(24)29-5-2)20-26-31(27,28)23-15-12-21(3)13-16-23/h12-17,19-20H,4-11,18H2,1-3H3/b26-20-. The van der Waals surface area contributed by atoms with Crippen LogP contribution in [-0.4, -0.2) is 27.8 Å². The highest BCUT2D eigenvalue weighted by molar-refractivity contribution is 7.90. The quantitative estimate of drug-likeness (QED) is 0.252. The van der Waals surface area contributed by atoms with Crippen LogP contribution in [0.4, 0.5) is 0 Å². The van der Waals surface area contributed by atoms with Crippen LogP contribution in [0.15, 0.2) is 51.8 Å². The van der Waals surface area contributed by atoms with Gasteiger partial charge in [0.2, 0.25) is 0 Å². The van der Waals surface area contributed by atoms with Gasteiger partial charge in [0.1, 0.15) is 0 Å². The van der Waals surface area contributed by atoms with E-state index in [1.165, 1.54) is 38.3 Å². The van der Waals surface area contributed by atoms with Crippen molar-refractivity contribution in [3.8, 4) is 11.5 Å². The smallest absolute Gasteiger partial charge is 0.282 e. The third-order valence-corrected chi connectivity index (χ3v) is 6.18. The van der Waals surface area contributed by atoms with E-state index in [9.17, 15) is 8.42 Å². The van der Waals surface area contributed by atoms with Gasteiger partial charge in [-0.3, -0.25) is 0 Å². The topological polar surface area (TPSA) is 65.0 Å². The molecule has 0 saturated heterocycles. The Morgan fingerprint density at radius 1 is 0.839 bits per heavy atom. The van der Waals surface area contributed by atoms with Crippen molar-refractivity contribution in [2.24, 2.45) is 4.40 Å². The Morgan fingerprint density at radius 3 is 2.19 bits per heavy atom. The molecule has 0 unspecified atom stereocenters. The lowest BCUT2D eigenvalue weighted by atomic mass is 10.1. The zero-order chi connectivity index (χ0) is 22.5. The van der Waals surface area contributed by atoms with Crippen LogP contribution >= 0.6 is 0 Å². The van der Waals surface area contributed by atoms with Gasteiger partial charge in [-0.05, 0) is 56.2 Å². The number of nitrogens with zero attached hydrogens (tertiary/aromatic N) is 1. The molecule has 0 radical (unpaired) electrons. The summed E-state index contributed by atoms with van der Waals surface area (Å²) in [5.74, 6) is 1.27. The molecule has 2 aromatic rings. The molecule has 2 aromatic carbocycles. The number of rotatable bonds is 14. The summed E-state index contributed by atoms with van der Waals surface area (Å²) in [6, 6.07) is 12.0. The first-order valence-electron chi connectivity index (χ1n) is 11.2. The van der Waals surface area contributed by atoms with Crippen molar-refractivity contribution in [2.45, 2.75) is 70.6 Å². The number of sulfonamides is 1. The van der Waals surface area contributed by atoms with Gasteiger partial charge in [0.05, 0.1) is 18.1 Å². The Kier molecular flexibility index (Phi) is 10.6. The molecular weight excluding hydrogens is 410 g/mol. The fourth-order valence-electron chi connectivity index (χ4n) is 3.14. The van der Waals surface area contributed by atoms with Gasteiger partial charge >= 0.3 is 0 Å². The first-order valence-corrected chi connectivity index (χ1v) is 12.7. The summed E-state index contributed by atoms with van der Waals surface area (Å²) in [6.07, 6.45) is 9.94. The summed E-state index contributed by atoms with van der Waals surface area (Å²) in [6.45, 7) is 7.18. The van der Waals surface area contributed by atoms with E-state index in [0.29, 0.717) is 30.3 Å². The fraction of sp³-hybridized carbons (Fsp3) is 0.480. The Bertz CT molecular complexity index is 921. The molecule has 0 heterocycles. The summed E-state index contributed by atoms with van der Waals surface area (Å²) in [5, 5.41) is 0. The van der Waals surface area contributed by atoms with Crippen LogP contribution in [0.1, 0.15) is 69.9 Å². The summed E-state index contributed by atoms with van der Waals surface area (Å²) >= 11 is 0. The summed E-state index contributed by atoms with van der Waals surface area (Å²) in [4.78, 5) is 0.175. The van der Waals surface area contributed by atoms with Crippen LogP contribution in [0.5, 0.6) is 11.5 Å². The van der Waals surface area contributed by atoms with E-state index in [-0.39, 0.29) is 4.90 Å². The molecule has 0 aliphatic rings. The van der Waals surface area contributed by atoms with Crippen LogP contribution < -0.4 is 9.47 Å². The van der Waals surface area contributed by atoms with E-state index in [2.05, 4.69) is 11.3 Å². The summed E-state index contributed by atoms with van der Waals surface area (Å²) in [7, 11) is -3.74. The van der Waals surface area contributed by atoms with Crippen LogP contribution in [0, 0.1) is 6.92 Å². The average Bonchev–Trinajstić information content (AvgIpc) is 2.76. The first kappa shape index (κ1) is 24.9. The largest absolute Gasteiger partial charge is 0.490 e. The molecule has 6 heteroatoms. The van der Waals surface area contributed by atoms with E-state index >= 15 is 0 Å². The molecule has 0 aliphatic carbocycles. The van der Waals surface area contributed by atoms with Crippen molar-refractivity contribution in [3.05, 3.63) is 53.6 Å². The van der Waals surface area contributed by atoms with Gasteiger partial charge in [-0.15, -0.1) is 0 Å². The Balaban J connectivity index is 1.96. The van der Waals surface area contributed by atoms with Crippen molar-refractivity contribution < 1.29 is 17.9 Å². The van der Waals surface area contributed by atoms with Crippen molar-refractivity contribution in [3.63, 3.8) is 0 Å². The Hall–Kier alpha value is -2.34. The predicted molar refractivity (Wildman–Crippen MR) is 127 cm³/mol. The number of ether oxygens (including phenoxy) is 2. The van der Waals surface area contributed by atoms with Crippen LogP contribution in [0.3, 0.4) is 0 Å². The van der Waals surface area contributed by atoms with E-state index in [1.54, 1.807) is 36.4 Å². The molecule has 5 nitrogen and oxygen atoms in total. The maximum absolute atomic E-state index is 12.4. The number of hydrogen-bond acceptors (Lipinski definition) is 4. The molecular formula is C25H35NO4S. The minimum atomic E-state index is -3.74. The van der Waals surface area contributed by atoms with E-state index in [0.717, 1.165) is 18.4 Å². The Morgan fingerprint density at radius 2 is 1.52 bits per heavy atom. The first-order chi connectivity index (χ1) is 15.0. The lowest BCUT2D eigenvalue weighted by molar-refractivity contribution is 0.270. The molecule has 0 bridgehead atoms. The van der Waals surface area contributed by atoms with Crippen LogP contribution in [-0.2, 0) is 10.0 Å².